The van der Waals surface area contributed by atoms with Gasteiger partial charge in [0.15, 0.2) is 0 Å². The lowest BCUT2D eigenvalue weighted by Crippen LogP contribution is -2.42. The SMILES string of the molecule is CN(C)c1ccc(CNC(=O)CN2C(=O)C(C)(C)c3cc(S(=O)(=O)N4CCCC4)ccc32)cc1. The predicted octanol–water partition coefficient (Wildman–Crippen LogP) is 2.48. The van der Waals surface area contributed by atoms with E-state index in [-0.39, 0.29) is 23.3 Å². The molecule has 2 aliphatic heterocycles. The van der Waals surface area contributed by atoms with Crippen LogP contribution in [0.2, 0.25) is 0 Å². The fourth-order valence-corrected chi connectivity index (χ4v) is 6.06. The van der Waals surface area contributed by atoms with Crippen molar-refractivity contribution in [3.8, 4) is 0 Å². The van der Waals surface area contributed by atoms with Crippen molar-refractivity contribution in [1.82, 2.24) is 9.62 Å². The van der Waals surface area contributed by atoms with Crippen molar-refractivity contribution in [2.75, 3.05) is 43.5 Å². The van der Waals surface area contributed by atoms with E-state index in [0.29, 0.717) is 30.9 Å². The minimum atomic E-state index is -3.60. The molecule has 0 aromatic heterocycles. The Morgan fingerprint density at radius 1 is 1.06 bits per heavy atom. The molecule has 2 aromatic rings. The summed E-state index contributed by atoms with van der Waals surface area (Å²) in [5, 5.41) is 2.88. The molecule has 2 heterocycles. The number of carbonyl (C=O) groups is 2. The van der Waals surface area contributed by atoms with Crippen LogP contribution in [0.15, 0.2) is 47.4 Å². The van der Waals surface area contributed by atoms with Crippen LogP contribution >= 0.6 is 0 Å². The smallest absolute Gasteiger partial charge is 0.243 e. The highest BCUT2D eigenvalue weighted by atomic mass is 32.2. The molecule has 2 aromatic carbocycles. The van der Waals surface area contributed by atoms with Crippen LogP contribution in [0.25, 0.3) is 0 Å². The summed E-state index contributed by atoms with van der Waals surface area (Å²) in [4.78, 5) is 29.5. The van der Waals surface area contributed by atoms with E-state index in [1.54, 1.807) is 32.0 Å². The maximum atomic E-state index is 13.2. The fraction of sp³-hybridized carbons (Fsp3) is 0.440. The van der Waals surface area contributed by atoms with Crippen molar-refractivity contribution in [1.29, 1.82) is 0 Å². The largest absolute Gasteiger partial charge is 0.378 e. The van der Waals surface area contributed by atoms with Crippen molar-refractivity contribution in [3.63, 3.8) is 0 Å². The first kappa shape index (κ1) is 24.2. The van der Waals surface area contributed by atoms with Gasteiger partial charge in [-0.1, -0.05) is 12.1 Å². The molecule has 9 heteroatoms. The topological polar surface area (TPSA) is 90.0 Å². The van der Waals surface area contributed by atoms with Gasteiger partial charge in [-0.2, -0.15) is 4.31 Å². The van der Waals surface area contributed by atoms with Crippen LogP contribution in [0.1, 0.15) is 37.8 Å². The quantitative estimate of drug-likeness (QED) is 0.652. The van der Waals surface area contributed by atoms with E-state index in [1.165, 1.54) is 9.21 Å². The third-order valence-electron chi connectivity index (χ3n) is 6.66. The Bertz CT molecular complexity index is 1200. The first-order valence-electron chi connectivity index (χ1n) is 11.5. The van der Waals surface area contributed by atoms with Gasteiger partial charge in [-0.3, -0.25) is 9.59 Å². The van der Waals surface area contributed by atoms with Crippen LogP contribution < -0.4 is 15.1 Å². The summed E-state index contributed by atoms with van der Waals surface area (Å²) in [6.45, 7) is 4.81. The molecule has 2 amide bonds. The highest BCUT2D eigenvalue weighted by Gasteiger charge is 2.45. The Labute approximate surface area is 201 Å². The van der Waals surface area contributed by atoms with Gasteiger partial charge in [0, 0.05) is 45.1 Å². The number of carbonyl (C=O) groups excluding carboxylic acids is 2. The van der Waals surface area contributed by atoms with Gasteiger partial charge in [-0.05, 0) is 68.1 Å². The van der Waals surface area contributed by atoms with Gasteiger partial charge >= 0.3 is 0 Å². The van der Waals surface area contributed by atoms with Gasteiger partial charge in [0.05, 0.1) is 10.3 Å². The zero-order valence-corrected chi connectivity index (χ0v) is 21.0. The monoisotopic (exact) mass is 484 g/mol. The van der Waals surface area contributed by atoms with E-state index >= 15 is 0 Å². The van der Waals surface area contributed by atoms with E-state index in [2.05, 4.69) is 5.32 Å². The van der Waals surface area contributed by atoms with Crippen LogP contribution in [-0.4, -0.2) is 58.3 Å². The molecule has 0 bridgehead atoms. The van der Waals surface area contributed by atoms with E-state index < -0.39 is 15.4 Å². The fourth-order valence-electron chi connectivity index (χ4n) is 4.52. The Kier molecular flexibility index (Phi) is 6.44. The lowest BCUT2D eigenvalue weighted by Gasteiger charge is -2.20. The van der Waals surface area contributed by atoms with Gasteiger partial charge in [-0.25, -0.2) is 8.42 Å². The molecule has 0 radical (unpaired) electrons. The predicted molar refractivity (Wildman–Crippen MR) is 132 cm³/mol. The van der Waals surface area contributed by atoms with E-state index in [0.717, 1.165) is 24.1 Å². The van der Waals surface area contributed by atoms with Crippen molar-refractivity contribution in [2.24, 2.45) is 0 Å². The highest BCUT2D eigenvalue weighted by molar-refractivity contribution is 7.89. The molecule has 4 rings (SSSR count). The second-order valence-electron chi connectivity index (χ2n) is 9.64. The molecule has 34 heavy (non-hydrogen) atoms. The Morgan fingerprint density at radius 2 is 1.71 bits per heavy atom. The Hall–Kier alpha value is -2.91. The standard InChI is InChI=1S/C25H32N4O4S/c1-25(2)21-15-20(34(32,33)28-13-5-6-14-28)11-12-22(21)29(24(25)31)17-23(30)26-16-18-7-9-19(10-8-18)27(3)4/h7-12,15H,5-6,13-14,16-17H2,1-4H3,(H,26,30). The molecular formula is C25H32N4O4S. The molecular weight excluding hydrogens is 452 g/mol. The average molecular weight is 485 g/mol. The number of fused-ring (bicyclic) bond motifs is 1. The summed E-state index contributed by atoms with van der Waals surface area (Å²) in [6, 6.07) is 12.7. The van der Waals surface area contributed by atoms with Crippen molar-refractivity contribution >= 4 is 33.2 Å². The van der Waals surface area contributed by atoms with Crippen LogP contribution in [0, 0.1) is 0 Å². The highest BCUT2D eigenvalue weighted by Crippen LogP contribution is 2.42. The number of nitrogens with zero attached hydrogens (tertiary/aromatic N) is 3. The zero-order valence-electron chi connectivity index (χ0n) is 20.2. The third kappa shape index (κ3) is 4.42. The lowest BCUT2D eigenvalue weighted by molar-refractivity contribution is -0.125. The van der Waals surface area contributed by atoms with E-state index in [4.69, 9.17) is 0 Å². The van der Waals surface area contributed by atoms with Gasteiger partial charge in [0.1, 0.15) is 6.54 Å². The number of hydrogen-bond acceptors (Lipinski definition) is 5. The number of nitrogens with one attached hydrogen (secondary N) is 1. The molecule has 1 fully saturated rings. The molecule has 2 aliphatic rings. The first-order chi connectivity index (χ1) is 16.0. The van der Waals surface area contributed by atoms with Crippen molar-refractivity contribution < 1.29 is 18.0 Å². The summed E-state index contributed by atoms with van der Waals surface area (Å²) in [5.74, 6) is -0.494. The Balaban J connectivity index is 1.49. The molecule has 182 valence electrons. The van der Waals surface area contributed by atoms with Crippen molar-refractivity contribution in [3.05, 3.63) is 53.6 Å². The Morgan fingerprint density at radius 3 is 2.32 bits per heavy atom. The molecule has 1 saturated heterocycles. The van der Waals surface area contributed by atoms with Gasteiger partial charge in [-0.15, -0.1) is 0 Å². The molecule has 0 atom stereocenters. The minimum absolute atomic E-state index is 0.122. The minimum Gasteiger partial charge on any atom is -0.378 e. The maximum Gasteiger partial charge on any atom is 0.243 e. The average Bonchev–Trinajstić information content (AvgIpc) is 3.41. The van der Waals surface area contributed by atoms with Crippen molar-refractivity contribution in [2.45, 2.75) is 43.5 Å². The summed E-state index contributed by atoms with van der Waals surface area (Å²) >= 11 is 0. The van der Waals surface area contributed by atoms with E-state index in [9.17, 15) is 18.0 Å². The third-order valence-corrected chi connectivity index (χ3v) is 8.55. The molecule has 0 aliphatic carbocycles. The molecule has 1 N–H and O–H groups in total. The first-order valence-corrected chi connectivity index (χ1v) is 13.0. The zero-order chi connectivity index (χ0) is 24.7. The van der Waals surface area contributed by atoms with Gasteiger partial charge in [0.25, 0.3) is 0 Å². The van der Waals surface area contributed by atoms with Gasteiger partial charge in [0.2, 0.25) is 21.8 Å². The van der Waals surface area contributed by atoms with E-state index in [1.807, 2.05) is 43.3 Å². The molecule has 0 saturated carbocycles. The number of anilines is 2. The molecule has 0 spiro atoms. The normalized spacial score (nSPS) is 17.6. The number of hydrogen-bond donors (Lipinski definition) is 1. The van der Waals surface area contributed by atoms with Crippen LogP contribution in [-0.2, 0) is 31.6 Å². The number of rotatable bonds is 7. The second kappa shape index (κ2) is 9.03. The van der Waals surface area contributed by atoms with Gasteiger partial charge < -0.3 is 15.1 Å². The summed E-state index contributed by atoms with van der Waals surface area (Å²) < 4.78 is 27.5. The second-order valence-corrected chi connectivity index (χ2v) is 11.6. The summed E-state index contributed by atoms with van der Waals surface area (Å²) in [6.07, 6.45) is 1.72. The van der Waals surface area contributed by atoms with Crippen LogP contribution in [0.4, 0.5) is 11.4 Å². The molecule has 0 unspecified atom stereocenters. The maximum absolute atomic E-state index is 13.2. The summed E-state index contributed by atoms with van der Waals surface area (Å²) in [7, 11) is 0.337. The molecule has 8 nitrogen and oxygen atoms in total. The summed E-state index contributed by atoms with van der Waals surface area (Å²) in [5.41, 5.74) is 2.33. The lowest BCUT2D eigenvalue weighted by atomic mass is 9.86. The number of sulfonamides is 1. The number of benzene rings is 2. The van der Waals surface area contributed by atoms with Crippen LogP contribution in [0.5, 0.6) is 0 Å². The number of amides is 2. The van der Waals surface area contributed by atoms with Crippen LogP contribution in [0.3, 0.4) is 0 Å².